The van der Waals surface area contributed by atoms with Crippen LogP contribution in [0.2, 0.25) is 0 Å². The molecule has 6 nitrogen and oxygen atoms in total. The summed E-state index contributed by atoms with van der Waals surface area (Å²) in [6.07, 6.45) is 0. The first kappa shape index (κ1) is 16.3. The monoisotopic (exact) mass is 377 g/mol. The standard InChI is InChI=1S/C21H12FNO5/c22-14-4-1-12(2-5-14)20-16-7-6-15(10-18(16)28-23-20)27-21(24)13-3-8-17-19(9-13)26-11-25-17/h1-10H,11H2. The molecule has 3 aromatic carbocycles. The van der Waals surface area contributed by atoms with Crippen molar-refractivity contribution < 1.29 is 27.9 Å². The molecule has 0 radical (unpaired) electrons. The number of fused-ring (bicyclic) bond motifs is 2. The lowest BCUT2D eigenvalue weighted by Gasteiger charge is -2.05. The number of esters is 1. The van der Waals surface area contributed by atoms with Gasteiger partial charge in [0, 0.05) is 17.0 Å². The van der Waals surface area contributed by atoms with Crippen molar-refractivity contribution in [3.8, 4) is 28.5 Å². The summed E-state index contributed by atoms with van der Waals surface area (Å²) >= 11 is 0. The summed E-state index contributed by atoms with van der Waals surface area (Å²) in [5.41, 5.74) is 2.11. The highest BCUT2D eigenvalue weighted by atomic mass is 19.1. The van der Waals surface area contributed by atoms with Crippen molar-refractivity contribution in [1.29, 1.82) is 0 Å². The molecule has 2 heterocycles. The van der Waals surface area contributed by atoms with Crippen molar-refractivity contribution in [2.45, 2.75) is 0 Å². The molecular formula is C21H12FNO5. The fraction of sp³-hybridized carbons (Fsp3) is 0.0476. The Morgan fingerprint density at radius 2 is 1.79 bits per heavy atom. The minimum absolute atomic E-state index is 0.131. The highest BCUT2D eigenvalue weighted by molar-refractivity contribution is 5.94. The molecule has 0 saturated carbocycles. The molecule has 0 bridgehead atoms. The van der Waals surface area contributed by atoms with Gasteiger partial charge in [-0.15, -0.1) is 0 Å². The van der Waals surface area contributed by atoms with Crippen LogP contribution in [0.4, 0.5) is 4.39 Å². The van der Waals surface area contributed by atoms with Crippen LogP contribution in [-0.4, -0.2) is 17.9 Å². The van der Waals surface area contributed by atoms with E-state index >= 15 is 0 Å². The summed E-state index contributed by atoms with van der Waals surface area (Å²) in [7, 11) is 0. The number of aromatic nitrogens is 1. The quantitative estimate of drug-likeness (QED) is 0.384. The Morgan fingerprint density at radius 1 is 0.964 bits per heavy atom. The zero-order valence-electron chi connectivity index (χ0n) is 14.3. The van der Waals surface area contributed by atoms with E-state index in [-0.39, 0.29) is 12.6 Å². The van der Waals surface area contributed by atoms with Crippen molar-refractivity contribution >= 4 is 16.9 Å². The van der Waals surface area contributed by atoms with Gasteiger partial charge in [-0.25, -0.2) is 9.18 Å². The first-order valence-corrected chi connectivity index (χ1v) is 8.44. The Labute approximate surface area is 158 Å². The molecule has 1 aromatic heterocycles. The zero-order valence-corrected chi connectivity index (χ0v) is 14.3. The average molecular weight is 377 g/mol. The van der Waals surface area contributed by atoms with Gasteiger partial charge in [-0.2, -0.15) is 0 Å². The third-order valence-corrected chi connectivity index (χ3v) is 4.38. The Bertz CT molecular complexity index is 1200. The van der Waals surface area contributed by atoms with Crippen LogP contribution in [-0.2, 0) is 0 Å². The van der Waals surface area contributed by atoms with E-state index in [1.807, 2.05) is 0 Å². The summed E-state index contributed by atoms with van der Waals surface area (Å²) in [6, 6.07) is 15.8. The molecule has 0 N–H and O–H groups in total. The van der Waals surface area contributed by atoms with Crippen molar-refractivity contribution in [3.63, 3.8) is 0 Å². The number of nitrogens with zero attached hydrogens (tertiary/aromatic N) is 1. The van der Waals surface area contributed by atoms with Gasteiger partial charge in [0.05, 0.1) is 5.56 Å². The van der Waals surface area contributed by atoms with Crippen LogP contribution in [0.3, 0.4) is 0 Å². The number of halogens is 1. The van der Waals surface area contributed by atoms with Gasteiger partial charge in [-0.1, -0.05) is 5.16 Å². The number of carbonyl (C=O) groups is 1. The normalized spacial score (nSPS) is 12.3. The second-order valence-electron chi connectivity index (χ2n) is 6.15. The van der Waals surface area contributed by atoms with Crippen LogP contribution in [0.1, 0.15) is 10.4 Å². The summed E-state index contributed by atoms with van der Waals surface area (Å²) in [6.45, 7) is 0.131. The molecule has 0 fully saturated rings. The fourth-order valence-corrected chi connectivity index (χ4v) is 2.99. The van der Waals surface area contributed by atoms with Crippen LogP contribution in [0.5, 0.6) is 17.2 Å². The van der Waals surface area contributed by atoms with Gasteiger partial charge in [0.15, 0.2) is 17.1 Å². The molecule has 0 saturated heterocycles. The largest absolute Gasteiger partial charge is 0.454 e. The summed E-state index contributed by atoms with van der Waals surface area (Å²) in [5, 5.41) is 4.78. The van der Waals surface area contributed by atoms with Crippen molar-refractivity contribution in [2.75, 3.05) is 6.79 Å². The van der Waals surface area contributed by atoms with Crippen molar-refractivity contribution in [3.05, 3.63) is 72.0 Å². The maximum atomic E-state index is 13.1. The second-order valence-corrected chi connectivity index (χ2v) is 6.15. The Morgan fingerprint density at radius 3 is 2.64 bits per heavy atom. The first-order chi connectivity index (χ1) is 13.7. The van der Waals surface area contributed by atoms with Crippen LogP contribution < -0.4 is 14.2 Å². The zero-order chi connectivity index (χ0) is 19.1. The van der Waals surface area contributed by atoms with Gasteiger partial charge in [-0.3, -0.25) is 0 Å². The Hall–Kier alpha value is -3.87. The van der Waals surface area contributed by atoms with Crippen LogP contribution in [0.15, 0.2) is 65.2 Å². The van der Waals surface area contributed by atoms with E-state index in [1.165, 1.54) is 12.1 Å². The van der Waals surface area contributed by atoms with Crippen LogP contribution in [0, 0.1) is 5.82 Å². The summed E-state index contributed by atoms with van der Waals surface area (Å²) in [5.74, 6) is 0.555. The number of ether oxygens (including phenoxy) is 3. The predicted octanol–water partition coefficient (Wildman–Crippen LogP) is 4.58. The molecule has 0 atom stereocenters. The van der Waals surface area contributed by atoms with Crippen LogP contribution in [0.25, 0.3) is 22.2 Å². The topological polar surface area (TPSA) is 70.8 Å². The third kappa shape index (κ3) is 2.83. The van der Waals surface area contributed by atoms with Gasteiger partial charge in [0.2, 0.25) is 6.79 Å². The van der Waals surface area contributed by atoms with E-state index in [0.29, 0.717) is 34.1 Å². The molecule has 0 amide bonds. The Kier molecular flexibility index (Phi) is 3.72. The maximum absolute atomic E-state index is 13.1. The van der Waals surface area contributed by atoms with Crippen molar-refractivity contribution in [1.82, 2.24) is 5.16 Å². The summed E-state index contributed by atoms with van der Waals surface area (Å²) in [4.78, 5) is 12.4. The van der Waals surface area contributed by atoms with Gasteiger partial charge < -0.3 is 18.7 Å². The average Bonchev–Trinajstić information content (AvgIpc) is 3.34. The SMILES string of the molecule is O=C(Oc1ccc2c(-c3ccc(F)cc3)noc2c1)c1ccc2c(c1)OCO2. The molecule has 1 aliphatic heterocycles. The van der Waals surface area contributed by atoms with E-state index in [1.54, 1.807) is 48.5 Å². The molecule has 138 valence electrons. The fourth-order valence-electron chi connectivity index (χ4n) is 2.99. The highest BCUT2D eigenvalue weighted by Gasteiger charge is 2.18. The number of benzene rings is 3. The number of rotatable bonds is 3. The van der Waals surface area contributed by atoms with E-state index in [9.17, 15) is 9.18 Å². The molecular weight excluding hydrogens is 365 g/mol. The lowest BCUT2D eigenvalue weighted by Crippen LogP contribution is -2.08. The lowest BCUT2D eigenvalue weighted by atomic mass is 10.1. The molecule has 0 aliphatic carbocycles. The summed E-state index contributed by atoms with van der Waals surface area (Å²) < 4.78 is 34.4. The van der Waals surface area contributed by atoms with E-state index in [4.69, 9.17) is 18.7 Å². The molecule has 7 heteroatoms. The minimum Gasteiger partial charge on any atom is -0.454 e. The number of hydrogen-bond donors (Lipinski definition) is 0. The van der Waals surface area contributed by atoms with Gasteiger partial charge in [-0.05, 0) is 54.6 Å². The molecule has 5 rings (SSSR count). The van der Waals surface area contributed by atoms with Crippen molar-refractivity contribution in [2.24, 2.45) is 0 Å². The van der Waals surface area contributed by atoms with Gasteiger partial charge >= 0.3 is 5.97 Å². The molecule has 1 aliphatic rings. The van der Waals surface area contributed by atoms with Crippen LogP contribution >= 0.6 is 0 Å². The maximum Gasteiger partial charge on any atom is 0.343 e. The third-order valence-electron chi connectivity index (χ3n) is 4.38. The smallest absolute Gasteiger partial charge is 0.343 e. The van der Waals surface area contributed by atoms with Gasteiger partial charge in [0.25, 0.3) is 0 Å². The van der Waals surface area contributed by atoms with E-state index in [0.717, 1.165) is 10.9 Å². The predicted molar refractivity (Wildman–Crippen MR) is 96.9 cm³/mol. The second kappa shape index (κ2) is 6.38. The minimum atomic E-state index is -0.532. The van der Waals surface area contributed by atoms with Gasteiger partial charge in [0.1, 0.15) is 17.3 Å². The first-order valence-electron chi connectivity index (χ1n) is 8.44. The Balaban J connectivity index is 1.41. The number of carbonyl (C=O) groups excluding carboxylic acids is 1. The molecule has 0 unspecified atom stereocenters. The molecule has 28 heavy (non-hydrogen) atoms. The number of hydrogen-bond acceptors (Lipinski definition) is 6. The highest BCUT2D eigenvalue weighted by Crippen LogP contribution is 2.33. The molecule has 0 spiro atoms. The molecule has 4 aromatic rings. The lowest BCUT2D eigenvalue weighted by molar-refractivity contribution is 0.0734. The van der Waals surface area contributed by atoms with E-state index in [2.05, 4.69) is 5.16 Å². The van der Waals surface area contributed by atoms with E-state index < -0.39 is 5.97 Å².